The third-order valence-electron chi connectivity index (χ3n) is 6.26. The molecular weight excluding hydrogens is 396 g/mol. The third-order valence-corrected chi connectivity index (χ3v) is 6.26. The van der Waals surface area contributed by atoms with E-state index in [1.54, 1.807) is 12.1 Å². The van der Waals surface area contributed by atoms with Crippen LogP contribution in [0.15, 0.2) is 18.2 Å². The van der Waals surface area contributed by atoms with Crippen molar-refractivity contribution >= 4 is 11.9 Å². The van der Waals surface area contributed by atoms with Crippen molar-refractivity contribution in [3.8, 4) is 0 Å². The number of ether oxygens (including phenoxy) is 2. The average Bonchev–Trinajstić information content (AvgIpc) is 3.05. The molecule has 2 aliphatic heterocycles. The van der Waals surface area contributed by atoms with Crippen LogP contribution in [0.1, 0.15) is 64.1 Å². The Balaban J connectivity index is 1.45. The molecule has 4 heterocycles. The number of aromatic nitrogens is 3. The molecule has 4 rings (SSSR count). The second kappa shape index (κ2) is 9.18. The highest BCUT2D eigenvalue weighted by atomic mass is 16.5. The predicted octanol–water partition coefficient (Wildman–Crippen LogP) is 2.48. The Labute approximate surface area is 182 Å². The fourth-order valence-electron chi connectivity index (χ4n) is 4.47. The number of aryl methyl sites for hydroxylation is 3. The molecule has 166 valence electrons. The predicted molar refractivity (Wildman–Crippen MR) is 114 cm³/mol. The molecule has 2 aromatic rings. The molecule has 1 fully saturated rings. The topological polar surface area (TPSA) is 95.3 Å². The maximum absolute atomic E-state index is 12.9. The summed E-state index contributed by atoms with van der Waals surface area (Å²) in [6, 6.07) is 5.29. The normalized spacial score (nSPS) is 17.7. The number of amides is 1. The van der Waals surface area contributed by atoms with Gasteiger partial charge in [0, 0.05) is 38.4 Å². The van der Waals surface area contributed by atoms with Gasteiger partial charge in [-0.2, -0.15) is 5.10 Å². The minimum Gasteiger partial charge on any atom is -0.461 e. The summed E-state index contributed by atoms with van der Waals surface area (Å²) in [5.41, 5.74) is 3.68. The van der Waals surface area contributed by atoms with E-state index in [0.717, 1.165) is 55.1 Å². The van der Waals surface area contributed by atoms with E-state index in [4.69, 9.17) is 14.6 Å². The van der Waals surface area contributed by atoms with Gasteiger partial charge in [0.15, 0.2) is 0 Å². The molecule has 0 atom stereocenters. The van der Waals surface area contributed by atoms with Gasteiger partial charge in [-0.15, -0.1) is 0 Å². The zero-order valence-corrected chi connectivity index (χ0v) is 18.3. The van der Waals surface area contributed by atoms with Crippen LogP contribution in [0.4, 0.5) is 0 Å². The number of rotatable bonds is 6. The minimum absolute atomic E-state index is 0.0191. The van der Waals surface area contributed by atoms with Gasteiger partial charge < -0.3 is 14.8 Å². The van der Waals surface area contributed by atoms with Crippen LogP contribution in [-0.2, 0) is 28.9 Å². The number of hydrogen-bond donors (Lipinski definition) is 1. The number of carbonyl (C=O) groups is 2. The number of esters is 1. The van der Waals surface area contributed by atoms with Gasteiger partial charge in [-0.3, -0.25) is 9.48 Å². The van der Waals surface area contributed by atoms with E-state index >= 15 is 0 Å². The van der Waals surface area contributed by atoms with Gasteiger partial charge in [0.2, 0.25) is 0 Å². The summed E-state index contributed by atoms with van der Waals surface area (Å²) >= 11 is 0. The maximum Gasteiger partial charge on any atom is 0.356 e. The molecule has 0 radical (unpaired) electrons. The molecule has 1 spiro atoms. The Bertz CT molecular complexity index is 962. The first-order valence-corrected chi connectivity index (χ1v) is 11.1. The Hall–Kier alpha value is -2.74. The second-order valence-corrected chi connectivity index (χ2v) is 8.47. The van der Waals surface area contributed by atoms with Crippen LogP contribution in [0.2, 0.25) is 0 Å². The molecule has 0 unspecified atom stereocenters. The molecule has 31 heavy (non-hydrogen) atoms. The van der Waals surface area contributed by atoms with Gasteiger partial charge in [0.25, 0.3) is 5.91 Å². The van der Waals surface area contributed by atoms with E-state index in [9.17, 15) is 9.59 Å². The summed E-state index contributed by atoms with van der Waals surface area (Å²) < 4.78 is 12.9. The Morgan fingerprint density at radius 3 is 2.87 bits per heavy atom. The lowest BCUT2D eigenvalue weighted by atomic mass is 9.76. The van der Waals surface area contributed by atoms with Crippen molar-refractivity contribution in [1.29, 1.82) is 0 Å². The van der Waals surface area contributed by atoms with E-state index in [0.29, 0.717) is 31.6 Å². The van der Waals surface area contributed by atoms with Gasteiger partial charge in [-0.1, -0.05) is 13.0 Å². The van der Waals surface area contributed by atoms with Gasteiger partial charge >= 0.3 is 5.97 Å². The standard InChI is InChI=1S/C23H30N4O4/c1-3-17-20-19(14-23(15-24-21(20)28)8-12-30-13-9-23)27(26-17)10-5-11-31-22(29)18-7-4-6-16(2)25-18/h4,6-7H,3,5,8-15H2,1-2H3,(H,24,28). The van der Waals surface area contributed by atoms with Crippen LogP contribution in [0.3, 0.4) is 0 Å². The van der Waals surface area contributed by atoms with E-state index < -0.39 is 5.97 Å². The van der Waals surface area contributed by atoms with E-state index in [2.05, 4.69) is 10.3 Å². The molecule has 0 saturated carbocycles. The highest BCUT2D eigenvalue weighted by Gasteiger charge is 2.39. The minimum atomic E-state index is -0.419. The molecular formula is C23H30N4O4. The van der Waals surface area contributed by atoms with Crippen molar-refractivity contribution in [3.05, 3.63) is 46.5 Å². The molecule has 0 bridgehead atoms. The molecule has 0 aliphatic carbocycles. The van der Waals surface area contributed by atoms with Crippen molar-refractivity contribution in [3.63, 3.8) is 0 Å². The van der Waals surface area contributed by atoms with Crippen LogP contribution < -0.4 is 5.32 Å². The van der Waals surface area contributed by atoms with Crippen LogP contribution in [0.5, 0.6) is 0 Å². The molecule has 8 nitrogen and oxygen atoms in total. The number of pyridine rings is 1. The lowest BCUT2D eigenvalue weighted by molar-refractivity contribution is 0.0152. The largest absolute Gasteiger partial charge is 0.461 e. The van der Waals surface area contributed by atoms with Gasteiger partial charge in [0.1, 0.15) is 5.69 Å². The number of nitrogens with one attached hydrogen (secondary N) is 1. The lowest BCUT2D eigenvalue weighted by Crippen LogP contribution is -2.40. The van der Waals surface area contributed by atoms with E-state index in [1.807, 2.05) is 24.6 Å². The molecule has 1 saturated heterocycles. The van der Waals surface area contributed by atoms with Crippen LogP contribution in [-0.4, -0.2) is 53.0 Å². The fourth-order valence-corrected chi connectivity index (χ4v) is 4.47. The summed E-state index contributed by atoms with van der Waals surface area (Å²) in [6.07, 6.45) is 3.99. The monoisotopic (exact) mass is 426 g/mol. The zero-order chi connectivity index (χ0) is 21.8. The molecule has 2 aromatic heterocycles. The van der Waals surface area contributed by atoms with Crippen molar-refractivity contribution < 1.29 is 19.1 Å². The SMILES string of the molecule is CCc1nn(CCCOC(=O)c2cccc(C)n2)c2c1C(=O)NCC1(CCOCC1)C2. The number of hydrogen-bond acceptors (Lipinski definition) is 6. The Morgan fingerprint density at radius 1 is 1.32 bits per heavy atom. The second-order valence-electron chi connectivity index (χ2n) is 8.47. The summed E-state index contributed by atoms with van der Waals surface area (Å²) in [4.78, 5) is 29.3. The van der Waals surface area contributed by atoms with Gasteiger partial charge in [-0.05, 0) is 50.2 Å². The zero-order valence-electron chi connectivity index (χ0n) is 18.3. The molecule has 1 amide bonds. The summed E-state index contributed by atoms with van der Waals surface area (Å²) in [6.45, 7) is 6.85. The maximum atomic E-state index is 12.9. The summed E-state index contributed by atoms with van der Waals surface area (Å²) in [7, 11) is 0. The number of fused-ring (bicyclic) bond motifs is 1. The average molecular weight is 427 g/mol. The summed E-state index contributed by atoms with van der Waals surface area (Å²) in [5.74, 6) is -0.448. The van der Waals surface area contributed by atoms with Crippen molar-refractivity contribution in [2.45, 2.75) is 52.5 Å². The smallest absolute Gasteiger partial charge is 0.356 e. The first-order chi connectivity index (χ1) is 15.0. The third kappa shape index (κ3) is 4.63. The lowest BCUT2D eigenvalue weighted by Gasteiger charge is -2.36. The molecule has 1 N–H and O–H groups in total. The highest BCUT2D eigenvalue weighted by Crippen LogP contribution is 2.37. The highest BCUT2D eigenvalue weighted by molar-refractivity contribution is 5.97. The Morgan fingerprint density at radius 2 is 2.13 bits per heavy atom. The molecule has 8 heteroatoms. The first-order valence-electron chi connectivity index (χ1n) is 11.1. The van der Waals surface area contributed by atoms with Crippen LogP contribution >= 0.6 is 0 Å². The molecule has 0 aromatic carbocycles. The van der Waals surface area contributed by atoms with Crippen molar-refractivity contribution in [1.82, 2.24) is 20.1 Å². The van der Waals surface area contributed by atoms with Crippen molar-refractivity contribution in [2.75, 3.05) is 26.4 Å². The van der Waals surface area contributed by atoms with Crippen LogP contribution in [0.25, 0.3) is 0 Å². The van der Waals surface area contributed by atoms with Crippen molar-refractivity contribution in [2.24, 2.45) is 5.41 Å². The summed E-state index contributed by atoms with van der Waals surface area (Å²) in [5, 5.41) is 7.87. The van der Waals surface area contributed by atoms with Gasteiger partial charge in [-0.25, -0.2) is 9.78 Å². The Kier molecular flexibility index (Phi) is 6.36. The van der Waals surface area contributed by atoms with Crippen LogP contribution in [0, 0.1) is 12.3 Å². The number of carbonyl (C=O) groups excluding carboxylic acids is 2. The number of nitrogens with zero attached hydrogens (tertiary/aromatic N) is 3. The molecule has 2 aliphatic rings. The van der Waals surface area contributed by atoms with E-state index in [1.165, 1.54) is 0 Å². The van der Waals surface area contributed by atoms with Gasteiger partial charge in [0.05, 0.1) is 23.6 Å². The quantitative estimate of drug-likeness (QED) is 0.563. The first kappa shape index (κ1) is 21.5. The fraction of sp³-hybridized carbons (Fsp3) is 0.565. The van der Waals surface area contributed by atoms with E-state index in [-0.39, 0.29) is 17.9 Å².